The van der Waals surface area contributed by atoms with E-state index in [2.05, 4.69) is 9.97 Å². The van der Waals surface area contributed by atoms with Crippen LogP contribution in [0.25, 0.3) is 11.0 Å². The zero-order valence-electron chi connectivity index (χ0n) is 10.4. The molecule has 19 heavy (non-hydrogen) atoms. The van der Waals surface area contributed by atoms with Crippen molar-refractivity contribution in [2.75, 3.05) is 0 Å². The molecule has 2 aromatic heterocycles. The first kappa shape index (κ1) is 11.8. The first-order valence-corrected chi connectivity index (χ1v) is 6.15. The molecule has 3 N–H and O–H groups in total. The van der Waals surface area contributed by atoms with Gasteiger partial charge in [-0.15, -0.1) is 0 Å². The summed E-state index contributed by atoms with van der Waals surface area (Å²) in [5.74, 6) is 0.773. The van der Waals surface area contributed by atoms with Crippen LogP contribution in [0.15, 0.2) is 39.7 Å². The van der Waals surface area contributed by atoms with Gasteiger partial charge >= 0.3 is 5.69 Å². The summed E-state index contributed by atoms with van der Waals surface area (Å²) >= 11 is 0. The number of furan rings is 1. The maximum Gasteiger partial charge on any atom is 0.323 e. The molecule has 1 aromatic carbocycles. The fourth-order valence-corrected chi connectivity index (χ4v) is 2.28. The van der Waals surface area contributed by atoms with Crippen LogP contribution in [0.1, 0.15) is 29.9 Å². The van der Waals surface area contributed by atoms with Crippen molar-refractivity contribution in [3.63, 3.8) is 0 Å². The molecule has 1 atom stereocenters. The summed E-state index contributed by atoms with van der Waals surface area (Å²) in [6, 6.07) is 7.11. The molecule has 2 heterocycles. The van der Waals surface area contributed by atoms with E-state index >= 15 is 0 Å². The van der Waals surface area contributed by atoms with Gasteiger partial charge in [0.2, 0.25) is 0 Å². The second kappa shape index (κ2) is 4.44. The summed E-state index contributed by atoms with van der Waals surface area (Å²) in [4.78, 5) is 16.6. The van der Waals surface area contributed by atoms with Gasteiger partial charge in [-0.25, -0.2) is 4.79 Å². The molecule has 0 bridgehead atoms. The van der Waals surface area contributed by atoms with Crippen LogP contribution in [0, 0.1) is 0 Å². The zero-order valence-corrected chi connectivity index (χ0v) is 10.4. The van der Waals surface area contributed by atoms with Gasteiger partial charge in [0.15, 0.2) is 0 Å². The molecule has 5 heteroatoms. The highest BCUT2D eigenvalue weighted by molar-refractivity contribution is 5.75. The normalized spacial score (nSPS) is 12.9. The molecular weight excluding hydrogens is 244 g/mol. The number of benzene rings is 1. The minimum atomic E-state index is -0.753. The average Bonchev–Trinajstić information content (AvgIpc) is 3.01. The van der Waals surface area contributed by atoms with E-state index in [9.17, 15) is 9.90 Å². The quantitative estimate of drug-likeness (QED) is 0.672. The van der Waals surface area contributed by atoms with E-state index in [1.165, 1.54) is 0 Å². The van der Waals surface area contributed by atoms with Crippen molar-refractivity contribution in [1.29, 1.82) is 0 Å². The molecule has 0 fully saturated rings. The Bertz CT molecular complexity index is 766. The van der Waals surface area contributed by atoms with Crippen LogP contribution >= 0.6 is 0 Å². The van der Waals surface area contributed by atoms with E-state index < -0.39 is 6.10 Å². The molecule has 0 amide bonds. The van der Waals surface area contributed by atoms with E-state index in [1.54, 1.807) is 30.5 Å². The number of hydrogen-bond donors (Lipinski definition) is 3. The van der Waals surface area contributed by atoms with Gasteiger partial charge in [0.25, 0.3) is 0 Å². The molecule has 1 unspecified atom stereocenters. The summed E-state index contributed by atoms with van der Waals surface area (Å²) in [5, 5.41) is 10.4. The summed E-state index contributed by atoms with van der Waals surface area (Å²) in [7, 11) is 0. The lowest BCUT2D eigenvalue weighted by Crippen LogP contribution is -2.01. The SMILES string of the molecule is CCc1occc1C(O)c1ccc2[nH]c(=O)[nH]c2c1. The fourth-order valence-electron chi connectivity index (χ4n) is 2.28. The van der Waals surface area contributed by atoms with Crippen molar-refractivity contribution in [3.8, 4) is 0 Å². The highest BCUT2D eigenvalue weighted by Gasteiger charge is 2.16. The van der Waals surface area contributed by atoms with Crippen LogP contribution in [0.5, 0.6) is 0 Å². The minimum absolute atomic E-state index is 0.251. The number of aromatic nitrogens is 2. The number of aryl methyl sites for hydroxylation is 1. The predicted octanol–water partition coefficient (Wildman–Crippen LogP) is 2.09. The number of nitrogens with one attached hydrogen (secondary N) is 2. The molecule has 0 spiro atoms. The van der Waals surface area contributed by atoms with Crippen LogP contribution in [0.4, 0.5) is 0 Å². The molecule has 0 aliphatic carbocycles. The Morgan fingerprint density at radius 3 is 2.84 bits per heavy atom. The van der Waals surface area contributed by atoms with Crippen LogP contribution in [-0.4, -0.2) is 15.1 Å². The smallest absolute Gasteiger partial charge is 0.323 e. The number of imidazole rings is 1. The minimum Gasteiger partial charge on any atom is -0.469 e. The Morgan fingerprint density at radius 2 is 2.05 bits per heavy atom. The number of aliphatic hydroxyl groups is 1. The monoisotopic (exact) mass is 258 g/mol. The van der Waals surface area contributed by atoms with Crippen LogP contribution < -0.4 is 5.69 Å². The van der Waals surface area contributed by atoms with Crippen molar-refractivity contribution in [2.24, 2.45) is 0 Å². The number of hydrogen-bond acceptors (Lipinski definition) is 3. The van der Waals surface area contributed by atoms with E-state index in [1.807, 2.05) is 6.92 Å². The van der Waals surface area contributed by atoms with Gasteiger partial charge in [0, 0.05) is 12.0 Å². The lowest BCUT2D eigenvalue weighted by atomic mass is 10.0. The third-order valence-corrected chi connectivity index (χ3v) is 3.25. The molecule has 0 aliphatic heterocycles. The second-order valence-corrected chi connectivity index (χ2v) is 4.44. The first-order valence-electron chi connectivity index (χ1n) is 6.15. The lowest BCUT2D eigenvalue weighted by molar-refractivity contribution is 0.217. The molecule has 5 nitrogen and oxygen atoms in total. The summed E-state index contributed by atoms with van der Waals surface area (Å²) in [6.45, 7) is 1.97. The van der Waals surface area contributed by atoms with Crippen LogP contribution in [-0.2, 0) is 6.42 Å². The zero-order chi connectivity index (χ0) is 13.4. The topological polar surface area (TPSA) is 82.0 Å². The van der Waals surface area contributed by atoms with Crippen molar-refractivity contribution in [1.82, 2.24) is 9.97 Å². The maximum absolute atomic E-state index is 11.2. The van der Waals surface area contributed by atoms with Gasteiger partial charge in [0.05, 0.1) is 17.3 Å². The Hall–Kier alpha value is -2.27. The Balaban J connectivity index is 2.05. The summed E-state index contributed by atoms with van der Waals surface area (Å²) in [5.41, 5.74) is 2.64. The molecule has 3 rings (SSSR count). The van der Waals surface area contributed by atoms with Crippen molar-refractivity contribution in [2.45, 2.75) is 19.4 Å². The molecular formula is C14H14N2O3. The molecule has 0 radical (unpaired) electrons. The molecule has 0 saturated heterocycles. The molecule has 98 valence electrons. The summed E-state index contributed by atoms with van der Waals surface area (Å²) < 4.78 is 5.32. The Kier molecular flexibility index (Phi) is 2.76. The standard InChI is InChI=1S/C14H14N2O3/c1-2-12-9(5-6-19-12)13(17)8-3-4-10-11(7-8)16-14(18)15-10/h3-7,13,17H,2H2,1H3,(H2,15,16,18). The van der Waals surface area contributed by atoms with Gasteiger partial charge in [-0.1, -0.05) is 13.0 Å². The van der Waals surface area contributed by atoms with E-state index in [0.29, 0.717) is 5.52 Å². The van der Waals surface area contributed by atoms with E-state index in [0.717, 1.165) is 28.8 Å². The first-order chi connectivity index (χ1) is 9.19. The van der Waals surface area contributed by atoms with Crippen molar-refractivity contribution >= 4 is 11.0 Å². The molecule has 3 aromatic rings. The number of aromatic amines is 2. The lowest BCUT2D eigenvalue weighted by Gasteiger charge is -2.10. The highest BCUT2D eigenvalue weighted by atomic mass is 16.3. The third kappa shape index (κ3) is 1.98. The van der Waals surface area contributed by atoms with Gasteiger partial charge in [-0.05, 0) is 23.8 Å². The van der Waals surface area contributed by atoms with Gasteiger partial charge in [0.1, 0.15) is 11.9 Å². The van der Waals surface area contributed by atoms with E-state index in [4.69, 9.17) is 4.42 Å². The third-order valence-electron chi connectivity index (χ3n) is 3.25. The molecule has 0 saturated carbocycles. The van der Waals surface area contributed by atoms with Crippen molar-refractivity contribution < 1.29 is 9.52 Å². The van der Waals surface area contributed by atoms with Crippen LogP contribution in [0.3, 0.4) is 0 Å². The Labute approximate surface area is 108 Å². The maximum atomic E-state index is 11.2. The number of H-pyrrole nitrogens is 2. The predicted molar refractivity (Wildman–Crippen MR) is 71.1 cm³/mol. The Morgan fingerprint density at radius 1 is 1.26 bits per heavy atom. The average molecular weight is 258 g/mol. The fraction of sp³-hybridized carbons (Fsp3) is 0.214. The van der Waals surface area contributed by atoms with Gasteiger partial charge < -0.3 is 19.5 Å². The van der Waals surface area contributed by atoms with Crippen molar-refractivity contribution in [3.05, 3.63) is 57.9 Å². The number of fused-ring (bicyclic) bond motifs is 1. The van der Waals surface area contributed by atoms with E-state index in [-0.39, 0.29) is 5.69 Å². The highest BCUT2D eigenvalue weighted by Crippen LogP contribution is 2.27. The van der Waals surface area contributed by atoms with Gasteiger partial charge in [-0.3, -0.25) is 0 Å². The largest absolute Gasteiger partial charge is 0.469 e. The number of rotatable bonds is 3. The summed E-state index contributed by atoms with van der Waals surface area (Å²) in [6.07, 6.45) is 1.55. The number of aliphatic hydroxyl groups excluding tert-OH is 1. The second-order valence-electron chi connectivity index (χ2n) is 4.44. The van der Waals surface area contributed by atoms with Crippen LogP contribution in [0.2, 0.25) is 0 Å². The van der Waals surface area contributed by atoms with Gasteiger partial charge in [-0.2, -0.15) is 0 Å². The molecule has 0 aliphatic rings.